The van der Waals surface area contributed by atoms with Crippen LogP contribution in [0, 0.1) is 22.9 Å². The maximum Gasteiger partial charge on any atom is 0.338 e. The molecule has 8 heteroatoms. The van der Waals surface area contributed by atoms with Crippen molar-refractivity contribution >= 4 is 23.3 Å². The molecule has 0 saturated heterocycles. The Morgan fingerprint density at radius 1 is 1.21 bits per heavy atom. The van der Waals surface area contributed by atoms with Crippen LogP contribution in [0.1, 0.15) is 15.9 Å². The SMILES string of the molecule is Cc1ccc(NC(=O)COC(=O)c2ccc([N+](=O)[O-])cc2)c(F)c1. The fourth-order valence-electron chi connectivity index (χ4n) is 1.84. The summed E-state index contributed by atoms with van der Waals surface area (Å²) in [6.45, 7) is 1.10. The molecular formula is C16H13FN2O5. The van der Waals surface area contributed by atoms with Crippen molar-refractivity contribution in [3.8, 4) is 0 Å². The summed E-state index contributed by atoms with van der Waals surface area (Å²) in [5, 5.41) is 12.8. The highest BCUT2D eigenvalue weighted by Crippen LogP contribution is 2.15. The van der Waals surface area contributed by atoms with Gasteiger partial charge in [-0.1, -0.05) is 6.07 Å². The number of esters is 1. The van der Waals surface area contributed by atoms with Gasteiger partial charge < -0.3 is 10.1 Å². The predicted octanol–water partition coefficient (Wildman–Crippen LogP) is 2.84. The van der Waals surface area contributed by atoms with E-state index in [0.29, 0.717) is 5.56 Å². The number of carbonyl (C=O) groups is 2. The number of nitro benzene ring substituents is 1. The third-order valence-electron chi connectivity index (χ3n) is 3.05. The molecule has 2 rings (SSSR count). The molecule has 0 spiro atoms. The zero-order chi connectivity index (χ0) is 17.7. The van der Waals surface area contributed by atoms with Crippen LogP contribution in [0.2, 0.25) is 0 Å². The van der Waals surface area contributed by atoms with Crippen molar-refractivity contribution in [2.45, 2.75) is 6.92 Å². The molecule has 7 nitrogen and oxygen atoms in total. The van der Waals surface area contributed by atoms with E-state index >= 15 is 0 Å². The average molecular weight is 332 g/mol. The summed E-state index contributed by atoms with van der Waals surface area (Å²) in [6.07, 6.45) is 0. The van der Waals surface area contributed by atoms with Crippen LogP contribution in [0.25, 0.3) is 0 Å². The van der Waals surface area contributed by atoms with E-state index in [-0.39, 0.29) is 16.9 Å². The molecule has 0 atom stereocenters. The van der Waals surface area contributed by atoms with Crippen molar-refractivity contribution in [2.75, 3.05) is 11.9 Å². The van der Waals surface area contributed by atoms with Crippen LogP contribution in [-0.2, 0) is 9.53 Å². The number of non-ortho nitro benzene ring substituents is 1. The second kappa shape index (κ2) is 7.32. The lowest BCUT2D eigenvalue weighted by Gasteiger charge is -2.08. The summed E-state index contributed by atoms with van der Waals surface area (Å²) in [6, 6.07) is 9.04. The van der Waals surface area contributed by atoms with Crippen LogP contribution in [0.5, 0.6) is 0 Å². The van der Waals surface area contributed by atoms with Gasteiger partial charge in [0.2, 0.25) is 0 Å². The second-order valence-electron chi connectivity index (χ2n) is 4.91. The van der Waals surface area contributed by atoms with Crippen molar-refractivity contribution in [1.29, 1.82) is 0 Å². The summed E-state index contributed by atoms with van der Waals surface area (Å²) in [5.74, 6) is -2.11. The van der Waals surface area contributed by atoms with Crippen LogP contribution >= 0.6 is 0 Å². The highest BCUT2D eigenvalue weighted by Gasteiger charge is 2.13. The monoisotopic (exact) mass is 332 g/mol. The minimum absolute atomic E-state index is 0.0167. The number of ether oxygens (including phenoxy) is 1. The zero-order valence-corrected chi connectivity index (χ0v) is 12.6. The topological polar surface area (TPSA) is 98.5 Å². The first-order valence-corrected chi connectivity index (χ1v) is 6.84. The molecule has 0 radical (unpaired) electrons. The largest absolute Gasteiger partial charge is 0.452 e. The predicted molar refractivity (Wildman–Crippen MR) is 83.1 cm³/mol. The molecular weight excluding hydrogens is 319 g/mol. The molecule has 0 aliphatic heterocycles. The standard InChI is InChI=1S/C16H13FN2O5/c1-10-2-7-14(13(17)8-10)18-15(20)9-24-16(21)11-3-5-12(6-4-11)19(22)23/h2-8H,9H2,1H3,(H,18,20). The third kappa shape index (κ3) is 4.35. The smallest absolute Gasteiger partial charge is 0.338 e. The molecule has 124 valence electrons. The lowest BCUT2D eigenvalue weighted by Crippen LogP contribution is -2.21. The first-order chi connectivity index (χ1) is 11.4. The Balaban J connectivity index is 1.91. The summed E-state index contributed by atoms with van der Waals surface area (Å²) in [4.78, 5) is 33.4. The Morgan fingerprint density at radius 3 is 2.46 bits per heavy atom. The van der Waals surface area contributed by atoms with Crippen LogP contribution in [-0.4, -0.2) is 23.4 Å². The van der Waals surface area contributed by atoms with Crippen LogP contribution in [0.15, 0.2) is 42.5 Å². The number of carbonyl (C=O) groups excluding carboxylic acids is 2. The van der Waals surface area contributed by atoms with Gasteiger partial charge in [0.1, 0.15) is 5.82 Å². The number of anilines is 1. The number of benzene rings is 2. The van der Waals surface area contributed by atoms with E-state index in [4.69, 9.17) is 4.74 Å². The van der Waals surface area contributed by atoms with Gasteiger partial charge in [0.25, 0.3) is 11.6 Å². The van der Waals surface area contributed by atoms with Gasteiger partial charge in [-0.15, -0.1) is 0 Å². The fraction of sp³-hybridized carbons (Fsp3) is 0.125. The van der Waals surface area contributed by atoms with Gasteiger partial charge in [-0.25, -0.2) is 9.18 Å². The Bertz CT molecular complexity index is 790. The van der Waals surface area contributed by atoms with Gasteiger partial charge in [0.05, 0.1) is 16.2 Å². The molecule has 1 N–H and O–H groups in total. The quantitative estimate of drug-likeness (QED) is 0.516. The van der Waals surface area contributed by atoms with E-state index in [9.17, 15) is 24.1 Å². The van der Waals surface area contributed by atoms with Gasteiger partial charge in [-0.2, -0.15) is 0 Å². The number of rotatable bonds is 5. The summed E-state index contributed by atoms with van der Waals surface area (Å²) in [5.41, 5.74) is 0.584. The maximum absolute atomic E-state index is 13.6. The highest BCUT2D eigenvalue weighted by atomic mass is 19.1. The van der Waals surface area contributed by atoms with Gasteiger partial charge in [0.15, 0.2) is 6.61 Å². The number of halogens is 1. The number of hydrogen-bond donors (Lipinski definition) is 1. The minimum Gasteiger partial charge on any atom is -0.452 e. The van der Waals surface area contributed by atoms with Gasteiger partial charge in [-0.05, 0) is 36.8 Å². The van der Waals surface area contributed by atoms with E-state index in [1.165, 1.54) is 24.3 Å². The summed E-state index contributed by atoms with van der Waals surface area (Å²) in [7, 11) is 0. The van der Waals surface area contributed by atoms with Crippen molar-refractivity contribution in [2.24, 2.45) is 0 Å². The Hall–Kier alpha value is -3.29. The lowest BCUT2D eigenvalue weighted by atomic mass is 10.2. The zero-order valence-electron chi connectivity index (χ0n) is 12.6. The van der Waals surface area contributed by atoms with E-state index in [2.05, 4.69) is 5.32 Å². The molecule has 0 unspecified atom stereocenters. The van der Waals surface area contributed by atoms with Crippen molar-refractivity contribution < 1.29 is 23.6 Å². The summed E-state index contributed by atoms with van der Waals surface area (Å²) < 4.78 is 18.4. The van der Waals surface area contributed by atoms with Crippen LogP contribution in [0.3, 0.4) is 0 Å². The van der Waals surface area contributed by atoms with E-state index in [1.807, 2.05) is 0 Å². The first-order valence-electron chi connectivity index (χ1n) is 6.84. The number of aryl methyl sites for hydroxylation is 1. The molecule has 24 heavy (non-hydrogen) atoms. The van der Waals surface area contributed by atoms with E-state index in [0.717, 1.165) is 12.1 Å². The van der Waals surface area contributed by atoms with E-state index in [1.54, 1.807) is 13.0 Å². The van der Waals surface area contributed by atoms with Crippen molar-refractivity contribution in [3.05, 3.63) is 69.5 Å². The average Bonchev–Trinajstić information content (AvgIpc) is 2.55. The molecule has 0 heterocycles. The number of nitrogens with one attached hydrogen (secondary N) is 1. The minimum atomic E-state index is -0.815. The molecule has 0 aromatic heterocycles. The van der Waals surface area contributed by atoms with Gasteiger partial charge in [-0.3, -0.25) is 14.9 Å². The Kier molecular flexibility index (Phi) is 5.20. The number of nitrogens with zero attached hydrogens (tertiary/aromatic N) is 1. The van der Waals surface area contributed by atoms with Gasteiger partial charge >= 0.3 is 5.97 Å². The molecule has 0 aliphatic rings. The molecule has 2 aromatic carbocycles. The molecule has 2 aromatic rings. The number of amides is 1. The molecule has 0 fully saturated rings. The normalized spacial score (nSPS) is 10.1. The summed E-state index contributed by atoms with van der Waals surface area (Å²) >= 11 is 0. The van der Waals surface area contributed by atoms with Crippen LogP contribution < -0.4 is 5.32 Å². The third-order valence-corrected chi connectivity index (χ3v) is 3.05. The Morgan fingerprint density at radius 2 is 1.88 bits per heavy atom. The molecule has 0 bridgehead atoms. The molecule has 0 aliphatic carbocycles. The number of hydrogen-bond acceptors (Lipinski definition) is 5. The lowest BCUT2D eigenvalue weighted by molar-refractivity contribution is -0.384. The highest BCUT2D eigenvalue weighted by molar-refractivity contribution is 5.95. The van der Waals surface area contributed by atoms with Crippen molar-refractivity contribution in [1.82, 2.24) is 0 Å². The van der Waals surface area contributed by atoms with Crippen molar-refractivity contribution in [3.63, 3.8) is 0 Å². The fourth-order valence-corrected chi connectivity index (χ4v) is 1.84. The van der Waals surface area contributed by atoms with E-state index < -0.39 is 29.2 Å². The first kappa shape index (κ1) is 17.1. The number of nitro groups is 1. The second-order valence-corrected chi connectivity index (χ2v) is 4.91. The Labute approximate surface area is 136 Å². The molecule has 0 saturated carbocycles. The van der Waals surface area contributed by atoms with Crippen LogP contribution in [0.4, 0.5) is 15.8 Å². The maximum atomic E-state index is 13.6. The molecule has 1 amide bonds. The van der Waals surface area contributed by atoms with Gasteiger partial charge in [0, 0.05) is 12.1 Å².